The summed E-state index contributed by atoms with van der Waals surface area (Å²) in [5.41, 5.74) is 1.87. The molecule has 0 bridgehead atoms. The normalized spacial score (nSPS) is 11.2. The summed E-state index contributed by atoms with van der Waals surface area (Å²) in [7, 11) is 1.47. The predicted molar refractivity (Wildman–Crippen MR) is 119 cm³/mol. The lowest BCUT2D eigenvalue weighted by Crippen LogP contribution is -2.08. The standard InChI is InChI=1S/C19H18Cl2N8O4/c1-10-7-13(17(32-3)22-8-10)28-11(2)14(29(30)31)18(26-28)33-6-4-5-27-16-12(15(20)25-27)9-23-19(21)24-16/h7-9H,4-6H2,1-3H3. The van der Waals surface area contributed by atoms with Crippen LogP contribution in [0.2, 0.25) is 10.4 Å². The summed E-state index contributed by atoms with van der Waals surface area (Å²) >= 11 is 12.0. The lowest BCUT2D eigenvalue weighted by Gasteiger charge is -2.09. The SMILES string of the molecule is COc1ncc(C)cc1-n1nc(OCCCn2nc(Cl)c3cnc(Cl)nc32)c([N+](=O)[O-])c1C. The summed E-state index contributed by atoms with van der Waals surface area (Å²) in [4.78, 5) is 23.4. The number of pyridine rings is 1. The first-order valence-corrected chi connectivity index (χ1v) is 10.5. The van der Waals surface area contributed by atoms with Crippen LogP contribution < -0.4 is 9.47 Å². The van der Waals surface area contributed by atoms with Gasteiger partial charge in [0.15, 0.2) is 10.8 Å². The smallest absolute Gasteiger partial charge is 0.353 e. The zero-order chi connectivity index (χ0) is 23.7. The number of aryl methyl sites for hydroxylation is 2. The molecule has 0 aliphatic heterocycles. The number of rotatable bonds is 8. The largest absolute Gasteiger partial charge is 0.479 e. The molecule has 0 saturated carbocycles. The van der Waals surface area contributed by atoms with E-state index in [1.165, 1.54) is 18.0 Å². The van der Waals surface area contributed by atoms with Crippen LogP contribution in [0.5, 0.6) is 11.8 Å². The Morgan fingerprint density at radius 1 is 1.15 bits per heavy atom. The number of halogens is 2. The first-order chi connectivity index (χ1) is 15.8. The fourth-order valence-corrected chi connectivity index (χ4v) is 3.65. The van der Waals surface area contributed by atoms with E-state index in [1.807, 2.05) is 6.92 Å². The lowest BCUT2D eigenvalue weighted by molar-refractivity contribution is -0.386. The van der Waals surface area contributed by atoms with E-state index in [0.717, 1.165) is 5.56 Å². The van der Waals surface area contributed by atoms with Crippen LogP contribution >= 0.6 is 23.2 Å². The molecule has 0 aliphatic carbocycles. The highest BCUT2D eigenvalue weighted by Gasteiger charge is 2.28. The fourth-order valence-electron chi connectivity index (χ4n) is 3.30. The van der Waals surface area contributed by atoms with Gasteiger partial charge in [-0.2, -0.15) is 10.1 Å². The van der Waals surface area contributed by atoms with E-state index in [-0.39, 0.29) is 40.2 Å². The van der Waals surface area contributed by atoms with Crippen molar-refractivity contribution in [3.8, 4) is 17.4 Å². The highest BCUT2D eigenvalue weighted by Crippen LogP contribution is 2.34. The van der Waals surface area contributed by atoms with Gasteiger partial charge in [-0.3, -0.25) is 10.1 Å². The van der Waals surface area contributed by atoms with Crippen LogP contribution in [0.1, 0.15) is 17.7 Å². The Bertz CT molecular complexity index is 1350. The number of hydrogen-bond donors (Lipinski definition) is 0. The Kier molecular flexibility index (Phi) is 6.29. The van der Waals surface area contributed by atoms with E-state index in [2.05, 4.69) is 25.1 Å². The van der Waals surface area contributed by atoms with Crippen LogP contribution in [0.25, 0.3) is 16.7 Å². The zero-order valence-corrected chi connectivity index (χ0v) is 19.3. The maximum atomic E-state index is 11.7. The van der Waals surface area contributed by atoms with Gasteiger partial charge in [-0.25, -0.2) is 19.3 Å². The van der Waals surface area contributed by atoms with Crippen LogP contribution in [0.3, 0.4) is 0 Å². The van der Waals surface area contributed by atoms with Gasteiger partial charge >= 0.3 is 11.6 Å². The van der Waals surface area contributed by atoms with E-state index in [0.29, 0.717) is 29.7 Å². The molecule has 4 heterocycles. The van der Waals surface area contributed by atoms with Crippen LogP contribution in [-0.2, 0) is 6.54 Å². The number of methoxy groups -OCH3 is 1. The molecule has 0 N–H and O–H groups in total. The first-order valence-electron chi connectivity index (χ1n) is 9.72. The van der Waals surface area contributed by atoms with E-state index in [1.54, 1.807) is 23.9 Å². The quantitative estimate of drug-likeness (QED) is 0.156. The molecule has 4 rings (SSSR count). The van der Waals surface area contributed by atoms with Crippen LogP contribution in [0.15, 0.2) is 18.5 Å². The molecule has 14 heteroatoms. The van der Waals surface area contributed by atoms with Gasteiger partial charge in [-0.05, 0) is 37.1 Å². The summed E-state index contributed by atoms with van der Waals surface area (Å²) < 4.78 is 13.9. The summed E-state index contributed by atoms with van der Waals surface area (Å²) in [6.45, 7) is 3.96. The van der Waals surface area contributed by atoms with Gasteiger partial charge in [-0.15, -0.1) is 5.10 Å². The van der Waals surface area contributed by atoms with E-state index in [4.69, 9.17) is 32.7 Å². The number of ether oxygens (including phenoxy) is 2. The molecule has 0 unspecified atom stereocenters. The number of fused-ring (bicyclic) bond motifs is 1. The van der Waals surface area contributed by atoms with Gasteiger partial charge in [0.1, 0.15) is 11.4 Å². The molecule has 0 aliphatic rings. The van der Waals surface area contributed by atoms with Crippen LogP contribution in [0, 0.1) is 24.0 Å². The van der Waals surface area contributed by atoms with Gasteiger partial charge < -0.3 is 9.47 Å². The minimum atomic E-state index is -0.524. The predicted octanol–water partition coefficient (Wildman–Crippen LogP) is 3.72. The highest BCUT2D eigenvalue weighted by molar-refractivity contribution is 6.34. The average molecular weight is 493 g/mol. The highest BCUT2D eigenvalue weighted by atomic mass is 35.5. The first kappa shape index (κ1) is 22.7. The third-order valence-corrected chi connectivity index (χ3v) is 5.26. The molecule has 0 fully saturated rings. The van der Waals surface area contributed by atoms with Gasteiger partial charge in [0.25, 0.3) is 0 Å². The molecule has 0 radical (unpaired) electrons. The molecule has 12 nitrogen and oxygen atoms in total. The zero-order valence-electron chi connectivity index (χ0n) is 17.8. The van der Waals surface area contributed by atoms with Crippen molar-refractivity contribution >= 4 is 39.9 Å². The fraction of sp³-hybridized carbons (Fsp3) is 0.316. The second-order valence-corrected chi connectivity index (χ2v) is 7.74. The van der Waals surface area contributed by atoms with Crippen molar-refractivity contribution in [2.24, 2.45) is 0 Å². The summed E-state index contributed by atoms with van der Waals surface area (Å²) in [6.07, 6.45) is 3.59. The summed E-state index contributed by atoms with van der Waals surface area (Å²) in [5, 5.41) is 21.2. The van der Waals surface area contributed by atoms with Crippen molar-refractivity contribution in [3.05, 3.63) is 50.3 Å². The Morgan fingerprint density at radius 3 is 2.67 bits per heavy atom. The topological polar surface area (TPSA) is 136 Å². The second kappa shape index (κ2) is 9.16. The van der Waals surface area contributed by atoms with E-state index >= 15 is 0 Å². The Labute approximate surface area is 197 Å². The number of hydrogen-bond acceptors (Lipinski definition) is 9. The molecule has 0 atom stereocenters. The maximum absolute atomic E-state index is 11.7. The molecule has 0 saturated heterocycles. The molecule has 4 aromatic rings. The van der Waals surface area contributed by atoms with Gasteiger partial charge in [0.2, 0.25) is 11.2 Å². The third kappa shape index (κ3) is 4.39. The molecule has 33 heavy (non-hydrogen) atoms. The molecule has 172 valence electrons. The Morgan fingerprint density at radius 2 is 1.94 bits per heavy atom. The van der Waals surface area contributed by atoms with Crippen molar-refractivity contribution in [2.75, 3.05) is 13.7 Å². The van der Waals surface area contributed by atoms with Crippen LogP contribution in [-0.4, -0.2) is 53.2 Å². The van der Waals surface area contributed by atoms with Crippen molar-refractivity contribution in [2.45, 2.75) is 26.8 Å². The minimum absolute atomic E-state index is 0.0780. The van der Waals surface area contributed by atoms with E-state index < -0.39 is 4.92 Å². The molecule has 0 aromatic carbocycles. The number of aromatic nitrogens is 7. The van der Waals surface area contributed by atoms with Gasteiger partial charge in [0.05, 0.1) is 24.0 Å². The lowest BCUT2D eigenvalue weighted by atomic mass is 10.3. The van der Waals surface area contributed by atoms with Crippen LogP contribution in [0.4, 0.5) is 5.69 Å². The number of nitro groups is 1. The average Bonchev–Trinajstić information content (AvgIpc) is 3.27. The summed E-state index contributed by atoms with van der Waals surface area (Å²) in [6, 6.07) is 1.78. The van der Waals surface area contributed by atoms with Crippen molar-refractivity contribution in [1.29, 1.82) is 0 Å². The van der Waals surface area contributed by atoms with E-state index in [9.17, 15) is 10.1 Å². The summed E-state index contributed by atoms with van der Waals surface area (Å²) in [5.74, 6) is 0.186. The second-order valence-electron chi connectivity index (χ2n) is 7.04. The third-order valence-electron chi connectivity index (χ3n) is 4.79. The van der Waals surface area contributed by atoms with Gasteiger partial charge in [-0.1, -0.05) is 11.6 Å². The molecular formula is C19H18Cl2N8O4. The molecule has 4 aromatic heterocycles. The van der Waals surface area contributed by atoms with Crippen molar-refractivity contribution < 1.29 is 14.4 Å². The molecule has 0 spiro atoms. The van der Waals surface area contributed by atoms with Crippen molar-refractivity contribution in [3.63, 3.8) is 0 Å². The Hall–Kier alpha value is -3.51. The van der Waals surface area contributed by atoms with Gasteiger partial charge in [0, 0.05) is 25.4 Å². The minimum Gasteiger partial charge on any atom is -0.479 e. The molecule has 0 amide bonds. The number of nitrogens with zero attached hydrogens (tertiary/aromatic N) is 8. The van der Waals surface area contributed by atoms with Crippen molar-refractivity contribution in [1.82, 2.24) is 34.5 Å². The monoisotopic (exact) mass is 492 g/mol. The maximum Gasteiger partial charge on any atom is 0.353 e. The molecular weight excluding hydrogens is 475 g/mol. The Balaban J connectivity index is 1.55.